The number of carbonyl (C=O) groups excluding carboxylic acids is 2. The summed E-state index contributed by atoms with van der Waals surface area (Å²) in [6.07, 6.45) is 0.641. The molecule has 0 bridgehead atoms. The van der Waals surface area contributed by atoms with Gasteiger partial charge in [0.1, 0.15) is 17.9 Å². The molecule has 0 atom stereocenters. The monoisotopic (exact) mass is 386 g/mol. The number of rotatable bonds is 6. The lowest BCUT2D eigenvalue weighted by Gasteiger charge is -2.10. The number of ether oxygens (including phenoxy) is 2. The molecule has 0 saturated carbocycles. The van der Waals surface area contributed by atoms with E-state index in [2.05, 4.69) is 0 Å². The highest BCUT2D eigenvalue weighted by molar-refractivity contribution is 6.32. The SMILES string of the molecule is Cc1cc2oc(=O)cc(COC(=O)COc3ccccc3C=O)c2cc1Cl. The molecular weight excluding hydrogens is 372 g/mol. The molecule has 1 heterocycles. The van der Waals surface area contributed by atoms with Gasteiger partial charge in [-0.1, -0.05) is 23.7 Å². The molecule has 6 nitrogen and oxygen atoms in total. The average Bonchev–Trinajstić information content (AvgIpc) is 2.66. The summed E-state index contributed by atoms with van der Waals surface area (Å²) in [5.74, 6) is -0.354. The second kappa shape index (κ2) is 8.05. The van der Waals surface area contributed by atoms with Gasteiger partial charge in [0.05, 0.1) is 5.56 Å². The second-order valence-corrected chi connectivity index (χ2v) is 6.20. The van der Waals surface area contributed by atoms with Gasteiger partial charge in [0.15, 0.2) is 12.9 Å². The summed E-state index contributed by atoms with van der Waals surface area (Å²) in [6, 6.07) is 11.1. The number of hydrogen-bond donors (Lipinski definition) is 0. The first-order chi connectivity index (χ1) is 13.0. The summed E-state index contributed by atoms with van der Waals surface area (Å²) < 4.78 is 15.7. The Morgan fingerprint density at radius 1 is 1.22 bits per heavy atom. The van der Waals surface area contributed by atoms with Crippen molar-refractivity contribution in [2.24, 2.45) is 0 Å². The Labute approximate surface area is 159 Å². The fourth-order valence-corrected chi connectivity index (χ4v) is 2.68. The minimum Gasteiger partial charge on any atom is -0.481 e. The van der Waals surface area contributed by atoms with E-state index >= 15 is 0 Å². The van der Waals surface area contributed by atoms with Crippen molar-refractivity contribution in [1.82, 2.24) is 0 Å². The first-order valence-electron chi connectivity index (χ1n) is 8.03. The van der Waals surface area contributed by atoms with Crippen molar-refractivity contribution in [2.45, 2.75) is 13.5 Å². The Bertz CT molecular complexity index is 1070. The number of hydrogen-bond acceptors (Lipinski definition) is 6. The Morgan fingerprint density at radius 3 is 2.78 bits per heavy atom. The van der Waals surface area contributed by atoms with E-state index in [-0.39, 0.29) is 19.0 Å². The highest BCUT2D eigenvalue weighted by Gasteiger charge is 2.12. The standard InChI is InChI=1S/C20H15ClO6/c1-12-6-18-15(8-16(12)21)14(7-19(23)27-18)10-26-20(24)11-25-17-5-3-2-4-13(17)9-22/h2-9H,10-11H2,1H3. The Balaban J connectivity index is 1.71. The van der Waals surface area contributed by atoms with Gasteiger partial charge in [-0.25, -0.2) is 9.59 Å². The van der Waals surface area contributed by atoms with Gasteiger partial charge in [0.25, 0.3) is 0 Å². The molecule has 0 N–H and O–H groups in total. The van der Waals surface area contributed by atoms with Crippen LogP contribution in [0.4, 0.5) is 0 Å². The number of aryl methyl sites for hydroxylation is 1. The number of esters is 1. The van der Waals surface area contributed by atoms with Crippen LogP contribution in [-0.4, -0.2) is 18.9 Å². The van der Waals surface area contributed by atoms with Crippen molar-refractivity contribution in [3.63, 3.8) is 0 Å². The lowest BCUT2D eigenvalue weighted by molar-refractivity contribution is -0.147. The second-order valence-electron chi connectivity index (χ2n) is 5.79. The van der Waals surface area contributed by atoms with Crippen molar-refractivity contribution >= 4 is 34.8 Å². The van der Waals surface area contributed by atoms with Crippen LogP contribution in [0.1, 0.15) is 21.5 Å². The number of carbonyl (C=O) groups is 2. The van der Waals surface area contributed by atoms with E-state index in [0.717, 1.165) is 5.56 Å². The summed E-state index contributed by atoms with van der Waals surface area (Å²) in [7, 11) is 0. The summed E-state index contributed by atoms with van der Waals surface area (Å²) in [4.78, 5) is 34.6. The summed E-state index contributed by atoms with van der Waals surface area (Å²) in [5, 5.41) is 1.10. The largest absolute Gasteiger partial charge is 0.481 e. The van der Waals surface area contributed by atoms with Crippen molar-refractivity contribution in [3.05, 3.63) is 74.6 Å². The Hall–Kier alpha value is -3.12. The van der Waals surface area contributed by atoms with Gasteiger partial charge in [-0.15, -0.1) is 0 Å². The average molecular weight is 387 g/mol. The summed E-state index contributed by atoms with van der Waals surface area (Å²) in [6.45, 7) is 1.28. The number of aldehydes is 1. The number of para-hydroxylation sites is 1. The maximum atomic E-state index is 12.0. The van der Waals surface area contributed by atoms with Crippen LogP contribution in [0.3, 0.4) is 0 Å². The van der Waals surface area contributed by atoms with Gasteiger partial charge in [-0.2, -0.15) is 0 Å². The maximum Gasteiger partial charge on any atom is 0.344 e. The smallest absolute Gasteiger partial charge is 0.344 e. The van der Waals surface area contributed by atoms with E-state index in [1.165, 1.54) is 6.07 Å². The van der Waals surface area contributed by atoms with Crippen molar-refractivity contribution in [2.75, 3.05) is 6.61 Å². The predicted octanol–water partition coefficient (Wildman–Crippen LogP) is 3.69. The van der Waals surface area contributed by atoms with Crippen LogP contribution < -0.4 is 10.4 Å². The normalized spacial score (nSPS) is 10.6. The molecule has 0 amide bonds. The van der Waals surface area contributed by atoms with Gasteiger partial charge in [0, 0.05) is 22.0 Å². The van der Waals surface area contributed by atoms with Crippen LogP contribution >= 0.6 is 11.6 Å². The predicted molar refractivity (Wildman–Crippen MR) is 99.4 cm³/mol. The molecule has 3 aromatic rings. The van der Waals surface area contributed by atoms with Gasteiger partial charge in [-0.05, 0) is 36.8 Å². The third-order valence-electron chi connectivity index (χ3n) is 3.89. The lowest BCUT2D eigenvalue weighted by atomic mass is 10.1. The Morgan fingerprint density at radius 2 is 2.00 bits per heavy atom. The molecule has 138 valence electrons. The molecule has 0 saturated heterocycles. The van der Waals surface area contributed by atoms with Crippen LogP contribution in [0.5, 0.6) is 5.75 Å². The fourth-order valence-electron chi connectivity index (χ4n) is 2.51. The van der Waals surface area contributed by atoms with E-state index < -0.39 is 11.6 Å². The molecule has 0 aliphatic rings. The lowest BCUT2D eigenvalue weighted by Crippen LogP contribution is -2.16. The van der Waals surface area contributed by atoms with Gasteiger partial charge < -0.3 is 13.9 Å². The van der Waals surface area contributed by atoms with Crippen LogP contribution in [0.25, 0.3) is 11.0 Å². The van der Waals surface area contributed by atoms with Crippen LogP contribution in [0.15, 0.2) is 51.7 Å². The fraction of sp³-hybridized carbons (Fsp3) is 0.150. The van der Waals surface area contributed by atoms with E-state index in [9.17, 15) is 14.4 Å². The van der Waals surface area contributed by atoms with Crippen molar-refractivity contribution in [1.29, 1.82) is 0 Å². The van der Waals surface area contributed by atoms with E-state index in [0.29, 0.717) is 33.4 Å². The molecule has 0 aliphatic carbocycles. The molecule has 0 spiro atoms. The zero-order valence-corrected chi connectivity index (χ0v) is 15.1. The minimum absolute atomic E-state index is 0.140. The van der Waals surface area contributed by atoms with Crippen molar-refractivity contribution < 1.29 is 23.5 Å². The molecule has 0 fully saturated rings. The molecular formula is C20H15ClO6. The summed E-state index contributed by atoms with van der Waals surface area (Å²) in [5.41, 5.74) is 1.40. The van der Waals surface area contributed by atoms with E-state index in [1.807, 2.05) is 0 Å². The highest BCUT2D eigenvalue weighted by Crippen LogP contribution is 2.25. The highest BCUT2D eigenvalue weighted by atomic mass is 35.5. The zero-order valence-electron chi connectivity index (χ0n) is 14.4. The molecule has 2 aromatic carbocycles. The summed E-state index contributed by atoms with van der Waals surface area (Å²) >= 11 is 6.13. The van der Waals surface area contributed by atoms with Gasteiger partial charge >= 0.3 is 11.6 Å². The first-order valence-corrected chi connectivity index (χ1v) is 8.41. The first kappa shape index (κ1) is 18.7. The van der Waals surface area contributed by atoms with Gasteiger partial charge in [0.2, 0.25) is 0 Å². The quantitative estimate of drug-likeness (QED) is 0.365. The molecule has 0 radical (unpaired) electrons. The number of benzene rings is 2. The van der Waals surface area contributed by atoms with Crippen LogP contribution in [0, 0.1) is 6.92 Å². The minimum atomic E-state index is -0.643. The molecule has 0 unspecified atom stereocenters. The molecule has 27 heavy (non-hydrogen) atoms. The topological polar surface area (TPSA) is 82.8 Å². The third kappa shape index (κ3) is 4.35. The number of halogens is 1. The van der Waals surface area contributed by atoms with Crippen LogP contribution in [-0.2, 0) is 16.1 Å². The maximum absolute atomic E-state index is 12.0. The van der Waals surface area contributed by atoms with Crippen molar-refractivity contribution in [3.8, 4) is 5.75 Å². The van der Waals surface area contributed by atoms with Gasteiger partial charge in [-0.3, -0.25) is 4.79 Å². The molecule has 3 rings (SSSR count). The zero-order chi connectivity index (χ0) is 19.4. The van der Waals surface area contributed by atoms with E-state index in [4.69, 9.17) is 25.5 Å². The third-order valence-corrected chi connectivity index (χ3v) is 4.30. The Kier molecular flexibility index (Phi) is 5.57. The molecule has 0 aliphatic heterocycles. The van der Waals surface area contributed by atoms with Crippen LogP contribution in [0.2, 0.25) is 5.02 Å². The number of fused-ring (bicyclic) bond motifs is 1. The molecule has 7 heteroatoms. The van der Waals surface area contributed by atoms with E-state index in [1.54, 1.807) is 43.3 Å². The molecule has 1 aromatic heterocycles.